The van der Waals surface area contributed by atoms with Crippen molar-refractivity contribution in [3.05, 3.63) is 31.9 Å². The SMILES string of the molecule is COC(=O)c1c(I)ccc(Cl)c1C#N. The van der Waals surface area contributed by atoms with Crippen LogP contribution in [-0.4, -0.2) is 13.1 Å². The molecule has 0 aliphatic heterocycles. The van der Waals surface area contributed by atoms with Gasteiger partial charge in [-0.2, -0.15) is 5.26 Å². The van der Waals surface area contributed by atoms with Crippen LogP contribution in [0, 0.1) is 14.9 Å². The summed E-state index contributed by atoms with van der Waals surface area (Å²) in [5.41, 5.74) is 0.383. The minimum absolute atomic E-state index is 0.158. The molecule has 0 atom stereocenters. The summed E-state index contributed by atoms with van der Waals surface area (Å²) >= 11 is 7.72. The predicted molar refractivity (Wildman–Crippen MR) is 60.2 cm³/mol. The van der Waals surface area contributed by atoms with E-state index < -0.39 is 5.97 Å². The van der Waals surface area contributed by atoms with Crippen LogP contribution in [0.1, 0.15) is 15.9 Å². The van der Waals surface area contributed by atoms with E-state index in [4.69, 9.17) is 16.9 Å². The van der Waals surface area contributed by atoms with Crippen LogP contribution in [0.3, 0.4) is 0 Å². The first-order valence-electron chi connectivity index (χ1n) is 3.58. The van der Waals surface area contributed by atoms with Gasteiger partial charge in [0.2, 0.25) is 0 Å². The summed E-state index contributed by atoms with van der Waals surface area (Å²) in [6, 6.07) is 5.12. The van der Waals surface area contributed by atoms with Crippen molar-refractivity contribution in [2.75, 3.05) is 7.11 Å². The number of carbonyl (C=O) groups excluding carboxylic acids is 1. The van der Waals surface area contributed by atoms with E-state index in [0.717, 1.165) is 0 Å². The Morgan fingerprint density at radius 2 is 2.29 bits per heavy atom. The molecular formula is C9H5ClINO2. The third-order valence-electron chi connectivity index (χ3n) is 1.60. The van der Waals surface area contributed by atoms with E-state index in [9.17, 15) is 4.79 Å². The summed E-state index contributed by atoms with van der Waals surface area (Å²) in [6.07, 6.45) is 0. The Hall–Kier alpha value is -0.800. The Bertz CT molecular complexity index is 426. The molecule has 0 aliphatic rings. The van der Waals surface area contributed by atoms with E-state index in [1.165, 1.54) is 7.11 Å². The molecule has 1 aromatic carbocycles. The summed E-state index contributed by atoms with van der Waals surface area (Å²) in [5.74, 6) is -0.548. The van der Waals surface area contributed by atoms with Crippen LogP contribution in [0.15, 0.2) is 12.1 Å². The van der Waals surface area contributed by atoms with Crippen molar-refractivity contribution in [3.8, 4) is 6.07 Å². The van der Waals surface area contributed by atoms with Crippen molar-refractivity contribution >= 4 is 40.2 Å². The van der Waals surface area contributed by atoms with Gasteiger partial charge in [-0.1, -0.05) is 11.6 Å². The molecule has 0 unspecified atom stereocenters. The average Bonchev–Trinajstić information content (AvgIpc) is 2.19. The van der Waals surface area contributed by atoms with Crippen molar-refractivity contribution in [2.24, 2.45) is 0 Å². The van der Waals surface area contributed by atoms with Gasteiger partial charge in [-0.15, -0.1) is 0 Å². The van der Waals surface area contributed by atoms with E-state index in [-0.39, 0.29) is 16.1 Å². The van der Waals surface area contributed by atoms with Crippen molar-refractivity contribution in [1.82, 2.24) is 0 Å². The molecule has 0 amide bonds. The standard InChI is InChI=1S/C9H5ClINO2/c1-14-9(13)8-5(4-12)6(10)2-3-7(8)11/h2-3H,1H3. The molecule has 3 nitrogen and oxygen atoms in total. The van der Waals surface area contributed by atoms with Crippen LogP contribution in [0.2, 0.25) is 5.02 Å². The number of methoxy groups -OCH3 is 1. The molecule has 0 spiro atoms. The maximum atomic E-state index is 11.3. The number of rotatable bonds is 1. The van der Waals surface area contributed by atoms with E-state index >= 15 is 0 Å². The third-order valence-corrected chi connectivity index (χ3v) is 2.82. The molecule has 0 aliphatic carbocycles. The fourth-order valence-electron chi connectivity index (χ4n) is 0.963. The quantitative estimate of drug-likeness (QED) is 0.590. The molecule has 0 aromatic heterocycles. The highest BCUT2D eigenvalue weighted by Crippen LogP contribution is 2.24. The Morgan fingerprint density at radius 3 is 2.79 bits per heavy atom. The highest BCUT2D eigenvalue weighted by Gasteiger charge is 2.18. The normalized spacial score (nSPS) is 9.29. The Balaban J connectivity index is 3.47. The zero-order valence-corrected chi connectivity index (χ0v) is 10.1. The second kappa shape index (κ2) is 4.62. The molecule has 0 fully saturated rings. The van der Waals surface area contributed by atoms with Gasteiger partial charge in [-0.3, -0.25) is 0 Å². The van der Waals surface area contributed by atoms with Crippen LogP contribution >= 0.6 is 34.2 Å². The number of hydrogen-bond donors (Lipinski definition) is 0. The molecule has 14 heavy (non-hydrogen) atoms. The molecule has 0 radical (unpaired) electrons. The lowest BCUT2D eigenvalue weighted by Gasteiger charge is -2.05. The molecule has 72 valence electrons. The van der Waals surface area contributed by atoms with Crippen LogP contribution in [-0.2, 0) is 4.74 Å². The number of hydrogen-bond acceptors (Lipinski definition) is 3. The van der Waals surface area contributed by atoms with Gasteiger partial charge >= 0.3 is 5.97 Å². The van der Waals surface area contributed by atoms with Crippen LogP contribution < -0.4 is 0 Å². The van der Waals surface area contributed by atoms with Crippen molar-refractivity contribution in [1.29, 1.82) is 5.26 Å². The van der Waals surface area contributed by atoms with Gasteiger partial charge in [0.1, 0.15) is 6.07 Å². The highest BCUT2D eigenvalue weighted by molar-refractivity contribution is 14.1. The zero-order valence-electron chi connectivity index (χ0n) is 7.17. The zero-order chi connectivity index (χ0) is 10.7. The minimum Gasteiger partial charge on any atom is -0.465 e. The molecule has 0 N–H and O–H groups in total. The fraction of sp³-hybridized carbons (Fsp3) is 0.111. The maximum Gasteiger partial charge on any atom is 0.340 e. The van der Waals surface area contributed by atoms with E-state index in [0.29, 0.717) is 3.57 Å². The topological polar surface area (TPSA) is 50.1 Å². The van der Waals surface area contributed by atoms with Crippen LogP contribution in [0.4, 0.5) is 0 Å². The second-order valence-corrected chi connectivity index (χ2v) is 3.95. The van der Waals surface area contributed by atoms with Crippen molar-refractivity contribution < 1.29 is 9.53 Å². The average molecular weight is 322 g/mol. The first-order chi connectivity index (χ1) is 6.61. The Labute approximate surface area is 99.8 Å². The number of nitriles is 1. The van der Waals surface area contributed by atoms with Gasteiger partial charge in [0.05, 0.1) is 23.3 Å². The predicted octanol–water partition coefficient (Wildman–Crippen LogP) is 2.60. The molecule has 0 bridgehead atoms. The molecule has 0 saturated heterocycles. The van der Waals surface area contributed by atoms with E-state index in [2.05, 4.69) is 4.74 Å². The van der Waals surface area contributed by atoms with Gasteiger partial charge in [0.25, 0.3) is 0 Å². The largest absolute Gasteiger partial charge is 0.465 e. The summed E-state index contributed by atoms with van der Waals surface area (Å²) in [4.78, 5) is 11.3. The smallest absolute Gasteiger partial charge is 0.340 e. The van der Waals surface area contributed by atoms with Crippen LogP contribution in [0.25, 0.3) is 0 Å². The number of carbonyl (C=O) groups is 1. The minimum atomic E-state index is -0.548. The maximum absolute atomic E-state index is 11.3. The highest BCUT2D eigenvalue weighted by atomic mass is 127. The number of nitrogens with zero attached hydrogens (tertiary/aromatic N) is 1. The fourth-order valence-corrected chi connectivity index (χ4v) is 1.83. The number of benzene rings is 1. The lowest BCUT2D eigenvalue weighted by Crippen LogP contribution is -2.07. The summed E-state index contributed by atoms with van der Waals surface area (Å²) in [6.45, 7) is 0. The van der Waals surface area contributed by atoms with Crippen molar-refractivity contribution in [2.45, 2.75) is 0 Å². The lowest BCUT2D eigenvalue weighted by atomic mass is 10.1. The molecule has 0 heterocycles. The number of esters is 1. The van der Waals surface area contributed by atoms with Gasteiger partial charge in [-0.05, 0) is 34.7 Å². The first kappa shape index (κ1) is 11.3. The summed E-state index contributed by atoms with van der Waals surface area (Å²) in [7, 11) is 1.26. The van der Waals surface area contributed by atoms with E-state index in [1.54, 1.807) is 12.1 Å². The van der Waals surface area contributed by atoms with Gasteiger partial charge < -0.3 is 4.74 Å². The summed E-state index contributed by atoms with van der Waals surface area (Å²) in [5, 5.41) is 9.08. The Kier molecular flexibility index (Phi) is 3.72. The molecule has 0 saturated carbocycles. The molecule has 1 rings (SSSR count). The van der Waals surface area contributed by atoms with Crippen LogP contribution in [0.5, 0.6) is 0 Å². The van der Waals surface area contributed by atoms with Gasteiger partial charge in [-0.25, -0.2) is 4.79 Å². The Morgan fingerprint density at radius 1 is 1.64 bits per heavy atom. The molecule has 1 aromatic rings. The van der Waals surface area contributed by atoms with Gasteiger partial charge in [0.15, 0.2) is 0 Å². The number of halogens is 2. The second-order valence-electron chi connectivity index (χ2n) is 2.38. The first-order valence-corrected chi connectivity index (χ1v) is 5.04. The monoisotopic (exact) mass is 321 g/mol. The van der Waals surface area contributed by atoms with E-state index in [1.807, 2.05) is 28.7 Å². The molecular weight excluding hydrogens is 316 g/mol. The van der Waals surface area contributed by atoms with Gasteiger partial charge in [0, 0.05) is 3.57 Å². The summed E-state index contributed by atoms with van der Waals surface area (Å²) < 4.78 is 5.21. The lowest BCUT2D eigenvalue weighted by molar-refractivity contribution is 0.0599. The molecule has 5 heteroatoms. The number of ether oxygens (including phenoxy) is 1. The third kappa shape index (κ3) is 1.99. The van der Waals surface area contributed by atoms with Crippen molar-refractivity contribution in [3.63, 3.8) is 0 Å².